The molecular weight excluding hydrogens is 282 g/mol. The van der Waals surface area contributed by atoms with Crippen molar-refractivity contribution in [3.05, 3.63) is 34.0 Å². The molecular formula is C17H25NO2S. The van der Waals surface area contributed by atoms with Gasteiger partial charge in [0.25, 0.3) is 0 Å². The van der Waals surface area contributed by atoms with Crippen molar-refractivity contribution in [1.82, 2.24) is 0 Å². The molecule has 0 spiro atoms. The van der Waals surface area contributed by atoms with Crippen LogP contribution in [0.15, 0.2) is 29.2 Å². The second kappa shape index (κ2) is 7.34. The normalized spacial score (nSPS) is 26.0. The number of carbonyl (C=O) groups excluding carboxylic acids is 1. The minimum atomic E-state index is -0.0578. The molecule has 2 rings (SSSR count). The van der Waals surface area contributed by atoms with Crippen LogP contribution in [0.1, 0.15) is 49.7 Å². The van der Waals surface area contributed by atoms with Crippen molar-refractivity contribution in [2.24, 2.45) is 11.7 Å². The number of nitrogens with two attached hydrogens (primary N) is 1. The van der Waals surface area contributed by atoms with Crippen LogP contribution in [-0.4, -0.2) is 24.0 Å². The molecule has 4 heteroatoms. The molecule has 3 nitrogen and oxygen atoms in total. The zero-order valence-corrected chi connectivity index (χ0v) is 13.9. The molecule has 1 aromatic heterocycles. The highest BCUT2D eigenvalue weighted by Gasteiger charge is 2.32. The molecule has 0 fully saturated rings. The van der Waals surface area contributed by atoms with Crippen LogP contribution in [0.3, 0.4) is 0 Å². The van der Waals surface area contributed by atoms with Gasteiger partial charge in [-0.25, -0.2) is 0 Å². The third-order valence-electron chi connectivity index (χ3n) is 4.31. The molecule has 3 atom stereocenters. The Morgan fingerprint density at radius 1 is 1.48 bits per heavy atom. The Balaban J connectivity index is 2.19. The van der Waals surface area contributed by atoms with Gasteiger partial charge in [-0.3, -0.25) is 4.79 Å². The minimum absolute atomic E-state index is 0.0201. The number of Topliss-reactive ketones (excluding diaryl/α,β-unsaturated/α-hetero) is 1. The summed E-state index contributed by atoms with van der Waals surface area (Å²) in [6, 6.07) is 3.75. The first-order valence-corrected chi connectivity index (χ1v) is 8.64. The van der Waals surface area contributed by atoms with E-state index in [0.717, 1.165) is 23.3 Å². The lowest BCUT2D eigenvalue weighted by Crippen LogP contribution is -2.42. The van der Waals surface area contributed by atoms with Crippen molar-refractivity contribution in [2.75, 3.05) is 0 Å². The molecule has 0 amide bonds. The lowest BCUT2D eigenvalue weighted by atomic mass is 9.82. The molecule has 0 radical (unpaired) electrons. The Hall–Kier alpha value is -0.970. The molecule has 0 saturated carbocycles. The van der Waals surface area contributed by atoms with Crippen LogP contribution < -0.4 is 5.73 Å². The topological polar surface area (TPSA) is 52.3 Å². The summed E-state index contributed by atoms with van der Waals surface area (Å²) in [6.07, 6.45) is 4.79. The number of ketones is 1. The zero-order valence-electron chi connectivity index (χ0n) is 13.0. The van der Waals surface area contributed by atoms with Crippen molar-refractivity contribution in [3.8, 4) is 0 Å². The van der Waals surface area contributed by atoms with Crippen LogP contribution in [0, 0.1) is 5.92 Å². The summed E-state index contributed by atoms with van der Waals surface area (Å²) in [6.45, 7) is 6.37. The summed E-state index contributed by atoms with van der Waals surface area (Å²) in [4.78, 5) is 13.3. The van der Waals surface area contributed by atoms with Crippen LogP contribution in [0.25, 0.3) is 0 Å². The van der Waals surface area contributed by atoms with Gasteiger partial charge in [0.15, 0.2) is 5.78 Å². The maximum Gasteiger partial charge on any atom is 0.198 e. The van der Waals surface area contributed by atoms with Crippen molar-refractivity contribution >= 4 is 17.1 Å². The third-order valence-corrected chi connectivity index (χ3v) is 5.18. The first kappa shape index (κ1) is 16.4. The van der Waals surface area contributed by atoms with Gasteiger partial charge in [0, 0.05) is 17.5 Å². The van der Waals surface area contributed by atoms with E-state index in [2.05, 4.69) is 20.8 Å². The van der Waals surface area contributed by atoms with E-state index >= 15 is 0 Å². The fourth-order valence-corrected chi connectivity index (χ4v) is 3.40. The molecule has 2 N–H and O–H groups in total. The van der Waals surface area contributed by atoms with Crippen molar-refractivity contribution in [3.63, 3.8) is 0 Å². The van der Waals surface area contributed by atoms with Gasteiger partial charge < -0.3 is 10.5 Å². The van der Waals surface area contributed by atoms with Gasteiger partial charge in [-0.1, -0.05) is 26.8 Å². The third kappa shape index (κ3) is 3.82. The van der Waals surface area contributed by atoms with Crippen LogP contribution in [0.2, 0.25) is 0 Å². The number of thiophene rings is 1. The maximum absolute atomic E-state index is 12.5. The molecule has 0 saturated heterocycles. The van der Waals surface area contributed by atoms with Gasteiger partial charge in [0.1, 0.15) is 0 Å². The van der Waals surface area contributed by atoms with Crippen molar-refractivity contribution in [2.45, 2.75) is 58.3 Å². The van der Waals surface area contributed by atoms with E-state index in [0.29, 0.717) is 6.42 Å². The molecule has 21 heavy (non-hydrogen) atoms. The van der Waals surface area contributed by atoms with Crippen LogP contribution in [-0.2, 0) is 4.74 Å². The molecule has 1 aliphatic rings. The average Bonchev–Trinajstić information content (AvgIpc) is 3.02. The Morgan fingerprint density at radius 3 is 2.76 bits per heavy atom. The van der Waals surface area contributed by atoms with Gasteiger partial charge in [-0.05, 0) is 36.8 Å². The quantitative estimate of drug-likeness (QED) is 0.813. The number of rotatable bonds is 6. The lowest BCUT2D eigenvalue weighted by Gasteiger charge is -2.34. The molecule has 1 aromatic rings. The number of ether oxygens (including phenoxy) is 1. The van der Waals surface area contributed by atoms with Crippen LogP contribution >= 0.6 is 11.3 Å². The SMILES string of the molecule is CCC(CC)O[C@@H]1C=C(C(=O)c2cccs2)C[C@H](N)[C@H]1C. The van der Waals surface area contributed by atoms with Gasteiger partial charge in [-0.15, -0.1) is 11.3 Å². The van der Waals surface area contributed by atoms with E-state index in [1.807, 2.05) is 23.6 Å². The number of hydrogen-bond donors (Lipinski definition) is 1. The molecule has 0 unspecified atom stereocenters. The van der Waals surface area contributed by atoms with E-state index in [1.165, 1.54) is 11.3 Å². The van der Waals surface area contributed by atoms with E-state index < -0.39 is 0 Å². The Bertz CT molecular complexity index is 491. The Labute approximate surface area is 131 Å². The number of hydrogen-bond acceptors (Lipinski definition) is 4. The summed E-state index contributed by atoms with van der Waals surface area (Å²) < 4.78 is 6.16. The molecule has 0 aromatic carbocycles. The highest BCUT2D eigenvalue weighted by atomic mass is 32.1. The summed E-state index contributed by atoms with van der Waals surface area (Å²) in [7, 11) is 0. The molecule has 1 heterocycles. The van der Waals surface area contributed by atoms with E-state index in [1.54, 1.807) is 0 Å². The Morgan fingerprint density at radius 2 is 2.19 bits per heavy atom. The second-order valence-electron chi connectivity index (χ2n) is 5.76. The lowest BCUT2D eigenvalue weighted by molar-refractivity contribution is -0.0247. The monoisotopic (exact) mass is 307 g/mol. The first-order chi connectivity index (χ1) is 10.1. The van der Waals surface area contributed by atoms with E-state index in [-0.39, 0.29) is 30.0 Å². The summed E-state index contributed by atoms with van der Waals surface area (Å²) in [5.74, 6) is 0.344. The predicted octanol–water partition coefficient (Wildman–Crippen LogP) is 3.80. The second-order valence-corrected chi connectivity index (χ2v) is 6.71. The van der Waals surface area contributed by atoms with E-state index in [4.69, 9.17) is 10.5 Å². The van der Waals surface area contributed by atoms with Crippen molar-refractivity contribution < 1.29 is 9.53 Å². The first-order valence-electron chi connectivity index (χ1n) is 7.76. The summed E-state index contributed by atoms with van der Waals surface area (Å²) in [5, 5.41) is 1.93. The van der Waals surface area contributed by atoms with Gasteiger partial charge >= 0.3 is 0 Å². The molecule has 0 bridgehead atoms. The molecule has 116 valence electrons. The zero-order chi connectivity index (χ0) is 15.4. The fourth-order valence-electron chi connectivity index (χ4n) is 2.70. The van der Waals surface area contributed by atoms with Crippen LogP contribution in [0.5, 0.6) is 0 Å². The van der Waals surface area contributed by atoms with Crippen molar-refractivity contribution in [1.29, 1.82) is 0 Å². The van der Waals surface area contributed by atoms with Gasteiger partial charge in [0.05, 0.1) is 17.1 Å². The standard InChI is InChI=1S/C17H25NO2S/c1-4-13(5-2)20-15-10-12(9-14(18)11(15)3)17(19)16-7-6-8-21-16/h6-8,10-11,13-15H,4-5,9,18H2,1-3H3/t11-,14+,15-/m1/s1. The Kier molecular flexibility index (Phi) is 5.73. The van der Waals surface area contributed by atoms with Crippen LogP contribution in [0.4, 0.5) is 0 Å². The van der Waals surface area contributed by atoms with E-state index in [9.17, 15) is 4.79 Å². The average molecular weight is 307 g/mol. The fraction of sp³-hybridized carbons (Fsp3) is 0.588. The molecule has 0 aliphatic heterocycles. The highest BCUT2D eigenvalue weighted by molar-refractivity contribution is 7.12. The summed E-state index contributed by atoms with van der Waals surface area (Å²) >= 11 is 1.48. The minimum Gasteiger partial charge on any atom is -0.371 e. The molecule has 1 aliphatic carbocycles. The smallest absolute Gasteiger partial charge is 0.198 e. The summed E-state index contributed by atoms with van der Waals surface area (Å²) in [5.41, 5.74) is 7.04. The van der Waals surface area contributed by atoms with Gasteiger partial charge in [-0.2, -0.15) is 0 Å². The number of carbonyl (C=O) groups is 1. The predicted molar refractivity (Wildman–Crippen MR) is 87.7 cm³/mol. The highest BCUT2D eigenvalue weighted by Crippen LogP contribution is 2.29. The van der Waals surface area contributed by atoms with Gasteiger partial charge in [0.2, 0.25) is 0 Å². The maximum atomic E-state index is 12.5. The largest absolute Gasteiger partial charge is 0.371 e.